The van der Waals surface area contributed by atoms with E-state index in [0.29, 0.717) is 12.7 Å². The van der Waals surface area contributed by atoms with Gasteiger partial charge in [-0.25, -0.2) is 0 Å². The van der Waals surface area contributed by atoms with E-state index in [9.17, 15) is 5.11 Å². The highest BCUT2D eigenvalue weighted by Crippen LogP contribution is 2.15. The van der Waals surface area contributed by atoms with Crippen molar-refractivity contribution in [3.8, 4) is 0 Å². The SMILES string of the molecule is CO[Si](CCCOCC(C)(O)NCCCCCCCCN)(OC)OC. The van der Waals surface area contributed by atoms with Gasteiger partial charge in [0.15, 0.2) is 0 Å². The monoisotopic (exact) mass is 380 g/mol. The van der Waals surface area contributed by atoms with E-state index in [1.54, 1.807) is 28.3 Å². The summed E-state index contributed by atoms with van der Waals surface area (Å²) in [6.45, 7) is 4.11. The lowest BCUT2D eigenvalue weighted by molar-refractivity contribution is -0.0565. The molecule has 0 saturated heterocycles. The molecule has 0 spiro atoms. The highest BCUT2D eigenvalue weighted by atomic mass is 28.4. The fourth-order valence-electron chi connectivity index (χ4n) is 2.60. The van der Waals surface area contributed by atoms with E-state index < -0.39 is 14.5 Å². The molecule has 0 amide bonds. The third kappa shape index (κ3) is 12.9. The zero-order chi connectivity index (χ0) is 19.0. The van der Waals surface area contributed by atoms with Crippen LogP contribution in [-0.2, 0) is 18.0 Å². The van der Waals surface area contributed by atoms with Crippen LogP contribution < -0.4 is 11.1 Å². The lowest BCUT2D eigenvalue weighted by Gasteiger charge is -2.26. The van der Waals surface area contributed by atoms with Crippen molar-refractivity contribution in [2.45, 2.75) is 63.6 Å². The first-order valence-electron chi connectivity index (χ1n) is 9.36. The molecule has 0 aromatic heterocycles. The van der Waals surface area contributed by atoms with Gasteiger partial charge in [-0.2, -0.15) is 0 Å². The second-order valence-electron chi connectivity index (χ2n) is 6.56. The molecule has 4 N–H and O–H groups in total. The Hall–Kier alpha value is -0.0631. The highest BCUT2D eigenvalue weighted by Gasteiger charge is 2.36. The lowest BCUT2D eigenvalue weighted by Crippen LogP contribution is -2.47. The van der Waals surface area contributed by atoms with Crippen molar-refractivity contribution in [3.63, 3.8) is 0 Å². The summed E-state index contributed by atoms with van der Waals surface area (Å²) in [5.41, 5.74) is 4.47. The van der Waals surface area contributed by atoms with Gasteiger partial charge in [0.05, 0.1) is 6.61 Å². The molecule has 0 rings (SSSR count). The zero-order valence-electron chi connectivity index (χ0n) is 16.6. The maximum atomic E-state index is 10.3. The summed E-state index contributed by atoms with van der Waals surface area (Å²) in [5.74, 6) is 0. The van der Waals surface area contributed by atoms with E-state index in [0.717, 1.165) is 32.4 Å². The molecular formula is C17H40N2O5Si. The fraction of sp³-hybridized carbons (Fsp3) is 1.00. The van der Waals surface area contributed by atoms with Crippen LogP contribution >= 0.6 is 0 Å². The number of hydrogen-bond acceptors (Lipinski definition) is 7. The minimum Gasteiger partial charge on any atom is -0.377 e. The summed E-state index contributed by atoms with van der Waals surface area (Å²) in [4.78, 5) is 0. The summed E-state index contributed by atoms with van der Waals surface area (Å²) in [6.07, 6.45) is 7.80. The maximum absolute atomic E-state index is 10.3. The van der Waals surface area contributed by atoms with Gasteiger partial charge < -0.3 is 28.9 Å². The van der Waals surface area contributed by atoms with Crippen LogP contribution in [0.4, 0.5) is 0 Å². The lowest BCUT2D eigenvalue weighted by atomic mass is 10.1. The van der Waals surface area contributed by atoms with Crippen molar-refractivity contribution in [2.24, 2.45) is 5.73 Å². The Balaban J connectivity index is 3.66. The summed E-state index contributed by atoms with van der Waals surface area (Å²) in [6, 6.07) is 0.691. The second kappa shape index (κ2) is 15.0. The van der Waals surface area contributed by atoms with Crippen LogP contribution in [0.5, 0.6) is 0 Å². The molecule has 0 aliphatic carbocycles. The molecule has 25 heavy (non-hydrogen) atoms. The predicted octanol–water partition coefficient (Wildman–Crippen LogP) is 1.87. The van der Waals surface area contributed by atoms with E-state index in [1.165, 1.54) is 25.7 Å². The zero-order valence-corrected chi connectivity index (χ0v) is 17.6. The topological polar surface area (TPSA) is 95.2 Å². The van der Waals surface area contributed by atoms with Crippen molar-refractivity contribution in [2.75, 3.05) is 47.6 Å². The quantitative estimate of drug-likeness (QED) is 0.190. The average molecular weight is 381 g/mol. The normalized spacial score (nSPS) is 14.6. The number of rotatable bonds is 18. The molecule has 7 nitrogen and oxygen atoms in total. The van der Waals surface area contributed by atoms with Gasteiger partial charge in [-0.15, -0.1) is 0 Å². The summed E-state index contributed by atoms with van der Waals surface area (Å²) in [7, 11) is 2.29. The van der Waals surface area contributed by atoms with Gasteiger partial charge in [-0.3, -0.25) is 5.32 Å². The van der Waals surface area contributed by atoms with Gasteiger partial charge in [-0.05, 0) is 39.3 Å². The third-order valence-corrected chi connectivity index (χ3v) is 7.06. The second-order valence-corrected chi connectivity index (χ2v) is 9.65. The molecule has 8 heteroatoms. The van der Waals surface area contributed by atoms with Crippen LogP contribution in [0.15, 0.2) is 0 Å². The molecule has 0 aliphatic heterocycles. The number of unbranched alkanes of at least 4 members (excludes halogenated alkanes) is 5. The van der Waals surface area contributed by atoms with E-state index in [2.05, 4.69) is 5.32 Å². The van der Waals surface area contributed by atoms with E-state index in [4.69, 9.17) is 23.7 Å². The molecule has 1 unspecified atom stereocenters. The maximum Gasteiger partial charge on any atom is 0.500 e. The smallest absolute Gasteiger partial charge is 0.377 e. The molecule has 152 valence electrons. The number of ether oxygens (including phenoxy) is 1. The first kappa shape index (κ1) is 24.9. The van der Waals surface area contributed by atoms with Crippen molar-refractivity contribution < 1.29 is 23.1 Å². The molecule has 1 atom stereocenters. The third-order valence-electron chi connectivity index (χ3n) is 4.22. The first-order chi connectivity index (χ1) is 11.9. The molecule has 0 fully saturated rings. The average Bonchev–Trinajstić information content (AvgIpc) is 2.61. The van der Waals surface area contributed by atoms with Crippen molar-refractivity contribution in [1.82, 2.24) is 5.32 Å². The number of hydrogen-bond donors (Lipinski definition) is 3. The van der Waals surface area contributed by atoms with Crippen LogP contribution in [0.25, 0.3) is 0 Å². The van der Waals surface area contributed by atoms with E-state index >= 15 is 0 Å². The molecule has 0 heterocycles. The Bertz CT molecular complexity index is 296. The summed E-state index contributed by atoms with van der Waals surface area (Å²) < 4.78 is 21.7. The molecule has 0 aromatic rings. The highest BCUT2D eigenvalue weighted by molar-refractivity contribution is 6.60. The minimum atomic E-state index is -2.52. The van der Waals surface area contributed by atoms with Crippen LogP contribution in [-0.4, -0.2) is 67.3 Å². The van der Waals surface area contributed by atoms with Gasteiger partial charge in [0.25, 0.3) is 0 Å². The van der Waals surface area contributed by atoms with Crippen LogP contribution in [0.1, 0.15) is 51.9 Å². The molecule has 0 saturated carbocycles. The van der Waals surface area contributed by atoms with Crippen molar-refractivity contribution in [3.05, 3.63) is 0 Å². The number of nitrogens with two attached hydrogens (primary N) is 1. The Kier molecular flexibility index (Phi) is 15.0. The van der Waals surface area contributed by atoms with Crippen LogP contribution in [0, 0.1) is 0 Å². The summed E-state index contributed by atoms with van der Waals surface area (Å²) >= 11 is 0. The van der Waals surface area contributed by atoms with Gasteiger partial charge in [0.1, 0.15) is 5.72 Å². The Morgan fingerprint density at radius 2 is 1.48 bits per heavy atom. The van der Waals surface area contributed by atoms with Gasteiger partial charge >= 0.3 is 8.80 Å². The standard InChI is InChI=1S/C17H40N2O5Si/c1-17(20,19-13-10-8-6-5-7-9-12-18)16-24-14-11-15-25(21-2,22-3)23-4/h19-20H,5-16,18H2,1-4H3. The molecule has 0 bridgehead atoms. The Labute approximate surface area is 154 Å². The van der Waals surface area contributed by atoms with E-state index in [1.807, 2.05) is 0 Å². The van der Waals surface area contributed by atoms with Gasteiger partial charge in [0, 0.05) is 34.0 Å². The first-order valence-corrected chi connectivity index (χ1v) is 11.3. The number of nitrogens with one attached hydrogen (secondary N) is 1. The molecule has 0 radical (unpaired) electrons. The Morgan fingerprint density at radius 1 is 0.920 bits per heavy atom. The van der Waals surface area contributed by atoms with Crippen molar-refractivity contribution in [1.29, 1.82) is 0 Å². The largest absolute Gasteiger partial charge is 0.500 e. The minimum absolute atomic E-state index is 0.255. The van der Waals surface area contributed by atoms with Crippen LogP contribution in [0.2, 0.25) is 6.04 Å². The number of aliphatic hydroxyl groups is 1. The van der Waals surface area contributed by atoms with Crippen LogP contribution in [0.3, 0.4) is 0 Å². The Morgan fingerprint density at radius 3 is 2.04 bits per heavy atom. The fourth-order valence-corrected chi connectivity index (χ4v) is 4.29. The molecule has 0 aromatic carbocycles. The molecular weight excluding hydrogens is 340 g/mol. The predicted molar refractivity (Wildman–Crippen MR) is 102 cm³/mol. The van der Waals surface area contributed by atoms with Gasteiger partial charge in [-0.1, -0.05) is 25.7 Å². The molecule has 0 aliphatic rings. The summed E-state index contributed by atoms with van der Waals surface area (Å²) in [5, 5.41) is 13.4. The van der Waals surface area contributed by atoms with Gasteiger partial charge in [0.2, 0.25) is 0 Å². The van der Waals surface area contributed by atoms with Crippen molar-refractivity contribution >= 4 is 8.80 Å². The van der Waals surface area contributed by atoms with E-state index in [-0.39, 0.29) is 6.61 Å².